The Kier molecular flexibility index (Phi) is 3.62. The molecule has 0 fully saturated rings. The maximum Gasteiger partial charge on any atom is 0.254 e. The Bertz CT molecular complexity index is 451. The maximum absolute atomic E-state index is 12.0. The highest BCUT2D eigenvalue weighted by molar-refractivity contribution is 5.21. The lowest BCUT2D eigenvalue weighted by molar-refractivity contribution is 0.0569. The van der Waals surface area contributed by atoms with Gasteiger partial charge in [0.05, 0.1) is 5.69 Å². The number of hydrogen-bond acceptors (Lipinski definition) is 3. The van der Waals surface area contributed by atoms with Crippen molar-refractivity contribution in [3.05, 3.63) is 27.4 Å². The van der Waals surface area contributed by atoms with Gasteiger partial charge in [-0.25, -0.2) is 4.98 Å². The van der Waals surface area contributed by atoms with Gasteiger partial charge in [-0.2, -0.15) is 0 Å². The third kappa shape index (κ3) is 2.41. The summed E-state index contributed by atoms with van der Waals surface area (Å²) < 4.78 is 5.41. The van der Waals surface area contributed by atoms with Gasteiger partial charge >= 0.3 is 0 Å². The van der Waals surface area contributed by atoms with E-state index in [-0.39, 0.29) is 11.7 Å². The Morgan fingerprint density at radius 3 is 2.65 bits per heavy atom. The lowest BCUT2D eigenvalue weighted by Crippen LogP contribution is -2.25. The number of fused-ring (bicyclic) bond motifs is 1. The van der Waals surface area contributed by atoms with E-state index < -0.39 is 0 Å². The van der Waals surface area contributed by atoms with Crippen molar-refractivity contribution in [3.63, 3.8) is 0 Å². The number of aromatic nitrogens is 2. The Labute approximate surface area is 101 Å². The van der Waals surface area contributed by atoms with Crippen molar-refractivity contribution in [1.82, 2.24) is 9.97 Å². The SMILES string of the molecule is COC(c1nc2c(c(=O)[nH]1)CCCC2)C(C)C. The summed E-state index contributed by atoms with van der Waals surface area (Å²) in [6.45, 7) is 4.13. The van der Waals surface area contributed by atoms with Crippen LogP contribution in [0.1, 0.15) is 49.9 Å². The second kappa shape index (κ2) is 5.00. The van der Waals surface area contributed by atoms with E-state index in [9.17, 15) is 4.79 Å². The van der Waals surface area contributed by atoms with E-state index in [4.69, 9.17) is 4.74 Å². The molecular weight excluding hydrogens is 216 g/mol. The Morgan fingerprint density at radius 2 is 2.00 bits per heavy atom. The minimum absolute atomic E-state index is 0.0207. The molecule has 94 valence electrons. The van der Waals surface area contributed by atoms with Crippen LogP contribution in [0.3, 0.4) is 0 Å². The van der Waals surface area contributed by atoms with Crippen LogP contribution in [0.25, 0.3) is 0 Å². The number of rotatable bonds is 3. The van der Waals surface area contributed by atoms with Crippen molar-refractivity contribution in [1.29, 1.82) is 0 Å². The first kappa shape index (κ1) is 12.3. The highest BCUT2D eigenvalue weighted by Crippen LogP contribution is 2.23. The number of nitrogens with one attached hydrogen (secondary N) is 1. The predicted octanol–water partition coefficient (Wildman–Crippen LogP) is 1.99. The Balaban J connectivity index is 2.43. The summed E-state index contributed by atoms with van der Waals surface area (Å²) in [4.78, 5) is 19.4. The molecule has 0 amide bonds. The van der Waals surface area contributed by atoms with Crippen molar-refractivity contribution in [2.45, 2.75) is 45.6 Å². The molecule has 1 heterocycles. The number of aryl methyl sites for hydroxylation is 1. The van der Waals surface area contributed by atoms with Crippen LogP contribution in [0.15, 0.2) is 4.79 Å². The smallest absolute Gasteiger partial charge is 0.254 e. The minimum atomic E-state index is -0.130. The number of H-pyrrole nitrogens is 1. The molecule has 17 heavy (non-hydrogen) atoms. The van der Waals surface area contributed by atoms with Crippen LogP contribution in [-0.2, 0) is 17.6 Å². The summed E-state index contributed by atoms with van der Waals surface area (Å²) in [6.07, 6.45) is 3.87. The van der Waals surface area contributed by atoms with Gasteiger partial charge in [0.1, 0.15) is 11.9 Å². The molecule has 1 N–H and O–H groups in total. The average molecular weight is 236 g/mol. The van der Waals surface area contributed by atoms with E-state index in [2.05, 4.69) is 23.8 Å². The molecule has 0 aliphatic heterocycles. The fraction of sp³-hybridized carbons (Fsp3) is 0.692. The summed E-state index contributed by atoms with van der Waals surface area (Å²) >= 11 is 0. The molecular formula is C13H20N2O2. The molecule has 1 aromatic rings. The second-order valence-corrected chi connectivity index (χ2v) is 4.98. The first-order chi connectivity index (χ1) is 8.13. The highest BCUT2D eigenvalue weighted by Gasteiger charge is 2.21. The molecule has 4 heteroatoms. The largest absolute Gasteiger partial charge is 0.373 e. The van der Waals surface area contributed by atoms with Crippen molar-refractivity contribution in [3.8, 4) is 0 Å². The van der Waals surface area contributed by atoms with Crippen LogP contribution in [0.5, 0.6) is 0 Å². The standard InChI is InChI=1S/C13H20N2O2/c1-8(2)11(17-3)12-14-10-7-5-4-6-9(10)13(16)15-12/h8,11H,4-7H2,1-3H3,(H,14,15,16). The first-order valence-corrected chi connectivity index (χ1v) is 6.28. The summed E-state index contributed by atoms with van der Waals surface area (Å²) in [7, 11) is 1.66. The van der Waals surface area contributed by atoms with Crippen molar-refractivity contribution in [2.24, 2.45) is 5.92 Å². The van der Waals surface area contributed by atoms with E-state index >= 15 is 0 Å². The topological polar surface area (TPSA) is 55.0 Å². The van der Waals surface area contributed by atoms with Crippen LogP contribution in [0, 0.1) is 5.92 Å². The van der Waals surface area contributed by atoms with Crippen LogP contribution >= 0.6 is 0 Å². The Hall–Kier alpha value is -1.16. The molecule has 1 aliphatic carbocycles. The van der Waals surface area contributed by atoms with Crippen molar-refractivity contribution in [2.75, 3.05) is 7.11 Å². The van der Waals surface area contributed by atoms with E-state index in [1.807, 2.05) is 0 Å². The van der Waals surface area contributed by atoms with Crippen LogP contribution < -0.4 is 5.56 Å². The highest BCUT2D eigenvalue weighted by atomic mass is 16.5. The summed E-state index contributed by atoms with van der Waals surface area (Å²) in [5.41, 5.74) is 1.86. The van der Waals surface area contributed by atoms with Gasteiger partial charge in [-0.1, -0.05) is 13.8 Å². The van der Waals surface area contributed by atoms with E-state index in [1.54, 1.807) is 7.11 Å². The third-order valence-corrected chi connectivity index (χ3v) is 3.34. The monoisotopic (exact) mass is 236 g/mol. The minimum Gasteiger partial charge on any atom is -0.373 e. The summed E-state index contributed by atoms with van der Waals surface area (Å²) in [6, 6.07) is 0. The molecule has 0 aromatic carbocycles. The lowest BCUT2D eigenvalue weighted by Gasteiger charge is -2.21. The second-order valence-electron chi connectivity index (χ2n) is 4.98. The fourth-order valence-corrected chi connectivity index (χ4v) is 2.46. The molecule has 0 saturated heterocycles. The molecule has 1 aromatic heterocycles. The summed E-state index contributed by atoms with van der Waals surface area (Å²) in [5, 5.41) is 0. The molecule has 0 radical (unpaired) electrons. The van der Waals surface area contributed by atoms with Crippen molar-refractivity contribution < 1.29 is 4.74 Å². The number of hydrogen-bond donors (Lipinski definition) is 1. The lowest BCUT2D eigenvalue weighted by atomic mass is 9.96. The number of ether oxygens (including phenoxy) is 1. The molecule has 1 atom stereocenters. The van der Waals surface area contributed by atoms with Gasteiger partial charge in [0, 0.05) is 12.7 Å². The van der Waals surface area contributed by atoms with Crippen molar-refractivity contribution >= 4 is 0 Å². The fourth-order valence-electron chi connectivity index (χ4n) is 2.46. The molecule has 1 aliphatic rings. The van der Waals surface area contributed by atoms with Crippen LogP contribution in [0.2, 0.25) is 0 Å². The number of methoxy groups -OCH3 is 1. The van der Waals surface area contributed by atoms with E-state index in [1.165, 1.54) is 0 Å². The zero-order chi connectivity index (χ0) is 12.4. The van der Waals surface area contributed by atoms with Crippen LogP contribution in [-0.4, -0.2) is 17.1 Å². The van der Waals surface area contributed by atoms with Crippen LogP contribution in [0.4, 0.5) is 0 Å². The van der Waals surface area contributed by atoms with Gasteiger partial charge in [0.15, 0.2) is 0 Å². The average Bonchev–Trinajstić information content (AvgIpc) is 2.29. The van der Waals surface area contributed by atoms with E-state index in [0.717, 1.165) is 36.9 Å². The molecule has 1 unspecified atom stereocenters. The van der Waals surface area contributed by atoms with Gasteiger partial charge in [0.25, 0.3) is 5.56 Å². The van der Waals surface area contributed by atoms with Gasteiger partial charge in [-0.3, -0.25) is 4.79 Å². The summed E-state index contributed by atoms with van der Waals surface area (Å²) in [5.74, 6) is 0.970. The zero-order valence-corrected chi connectivity index (χ0v) is 10.7. The number of aromatic amines is 1. The maximum atomic E-state index is 12.0. The molecule has 4 nitrogen and oxygen atoms in total. The molecule has 0 spiro atoms. The molecule has 0 bridgehead atoms. The predicted molar refractivity (Wildman–Crippen MR) is 66.1 cm³/mol. The quantitative estimate of drug-likeness (QED) is 0.873. The molecule has 2 rings (SSSR count). The first-order valence-electron chi connectivity index (χ1n) is 6.28. The van der Waals surface area contributed by atoms with Gasteiger partial charge < -0.3 is 9.72 Å². The third-order valence-electron chi connectivity index (χ3n) is 3.34. The zero-order valence-electron chi connectivity index (χ0n) is 10.7. The van der Waals surface area contributed by atoms with E-state index in [0.29, 0.717) is 11.7 Å². The number of nitrogens with zero attached hydrogens (tertiary/aromatic N) is 1. The normalized spacial score (nSPS) is 16.9. The van der Waals surface area contributed by atoms with Gasteiger partial charge in [-0.05, 0) is 31.6 Å². The Morgan fingerprint density at radius 1 is 1.29 bits per heavy atom. The van der Waals surface area contributed by atoms with Gasteiger partial charge in [-0.15, -0.1) is 0 Å². The van der Waals surface area contributed by atoms with Gasteiger partial charge in [0.2, 0.25) is 0 Å². The molecule has 0 saturated carbocycles.